The molecule has 0 saturated carbocycles. The molecule has 43 heavy (non-hydrogen) atoms. The second kappa shape index (κ2) is 15.1. The maximum Gasteiger partial charge on any atom is 0.251 e. The van der Waals surface area contributed by atoms with Crippen LogP contribution in [0.1, 0.15) is 25.3 Å². The van der Waals surface area contributed by atoms with Crippen molar-refractivity contribution < 1.29 is 33.4 Å². The quantitative estimate of drug-likeness (QED) is 0.391. The van der Waals surface area contributed by atoms with E-state index in [1.807, 2.05) is 60.7 Å². The van der Waals surface area contributed by atoms with Gasteiger partial charge >= 0.3 is 0 Å². The van der Waals surface area contributed by atoms with E-state index in [2.05, 4.69) is 16.0 Å². The summed E-state index contributed by atoms with van der Waals surface area (Å²) in [7, 11) is 1.46. The summed E-state index contributed by atoms with van der Waals surface area (Å²) in [5.41, 5.74) is 0.817. The molecule has 0 aromatic heterocycles. The minimum Gasteiger partial charge on any atom is -0.494 e. The van der Waals surface area contributed by atoms with Gasteiger partial charge in [-0.2, -0.15) is 0 Å². The van der Waals surface area contributed by atoms with Gasteiger partial charge in [0.15, 0.2) is 6.10 Å². The number of likely N-dealkylation sites (N-methyl/N-ethyl adjacent to an activating group) is 1. The Morgan fingerprint density at radius 3 is 2.37 bits per heavy atom. The number of para-hydroxylation sites is 1. The summed E-state index contributed by atoms with van der Waals surface area (Å²) in [5, 5.41) is 8.13. The summed E-state index contributed by atoms with van der Waals surface area (Å²) >= 11 is 0. The fraction of sp³-hybridized carbons (Fsp3) is 0.452. The summed E-state index contributed by atoms with van der Waals surface area (Å²) in [4.78, 5) is 68.3. The predicted octanol–water partition coefficient (Wildman–Crippen LogP) is 0.262. The normalized spacial score (nSPS) is 23.8. The van der Waals surface area contributed by atoms with Crippen molar-refractivity contribution in [1.29, 1.82) is 0 Å². The highest BCUT2D eigenvalue weighted by molar-refractivity contribution is 5.93. The molecule has 2 aliphatic heterocycles. The number of rotatable bonds is 7. The molecule has 2 saturated heterocycles. The minimum atomic E-state index is -1.07. The van der Waals surface area contributed by atoms with Crippen LogP contribution in [-0.2, 0) is 35.1 Å². The second-order valence-corrected chi connectivity index (χ2v) is 10.8. The molecule has 0 unspecified atom stereocenters. The zero-order valence-electron chi connectivity index (χ0n) is 24.5. The number of nitrogens with one attached hydrogen (secondary N) is 3. The van der Waals surface area contributed by atoms with Crippen molar-refractivity contribution in [2.75, 3.05) is 39.8 Å². The Morgan fingerprint density at radius 1 is 0.953 bits per heavy atom. The van der Waals surface area contributed by atoms with E-state index in [1.165, 1.54) is 18.9 Å². The topological polar surface area (TPSA) is 146 Å². The van der Waals surface area contributed by atoms with Gasteiger partial charge in [0.2, 0.25) is 23.6 Å². The van der Waals surface area contributed by atoms with E-state index in [9.17, 15) is 24.0 Å². The predicted molar refractivity (Wildman–Crippen MR) is 157 cm³/mol. The van der Waals surface area contributed by atoms with Crippen molar-refractivity contribution in [3.63, 3.8) is 0 Å². The number of hydrogen-bond donors (Lipinski definition) is 3. The molecular formula is C31H39N5O7. The van der Waals surface area contributed by atoms with Crippen LogP contribution in [0.3, 0.4) is 0 Å². The molecule has 2 heterocycles. The summed E-state index contributed by atoms with van der Waals surface area (Å²) in [6.07, 6.45) is -0.895. The van der Waals surface area contributed by atoms with Gasteiger partial charge in [-0.15, -0.1) is 0 Å². The third-order valence-electron chi connectivity index (χ3n) is 7.29. The van der Waals surface area contributed by atoms with Crippen molar-refractivity contribution in [1.82, 2.24) is 25.8 Å². The SMILES string of the molecule is C[C@H]1NC(=O)CN(C)C(=O)[C@@H](Cc2ccccc2)NC(=O)[C@H]2CN(C(=O)CCCOc3ccccc3)C[C@H](CNC1=O)O2. The van der Waals surface area contributed by atoms with Crippen molar-refractivity contribution in [2.45, 2.75) is 50.5 Å². The number of ether oxygens (including phenoxy) is 2. The Hall–Kier alpha value is -4.45. The smallest absolute Gasteiger partial charge is 0.251 e. The summed E-state index contributed by atoms with van der Waals surface area (Å²) in [6.45, 7) is 1.77. The standard InChI is InChI=1S/C31H39N5O7/c1-21-29(39)32-17-24-18-36(28(38)14-9-15-42-23-12-7-4-8-13-23)19-26(43-24)30(40)34-25(16-22-10-5-3-6-11-22)31(41)35(2)20-27(37)33-21/h3-8,10-13,21,24-26H,9,14-20H2,1-2H3,(H,32,39)(H,33,37)(H,34,40)/t21-,24+,25-,26-/m1/s1. The number of fused-ring (bicyclic) bond motifs is 2. The van der Waals surface area contributed by atoms with E-state index < -0.39 is 47.9 Å². The highest BCUT2D eigenvalue weighted by Crippen LogP contribution is 2.16. The van der Waals surface area contributed by atoms with E-state index in [4.69, 9.17) is 9.47 Å². The van der Waals surface area contributed by atoms with Gasteiger partial charge in [0.1, 0.15) is 17.8 Å². The molecule has 3 N–H and O–H groups in total. The number of carbonyl (C=O) groups excluding carboxylic acids is 5. The lowest BCUT2D eigenvalue weighted by molar-refractivity contribution is -0.157. The molecule has 0 aliphatic carbocycles. The van der Waals surface area contributed by atoms with Crippen LogP contribution in [0.5, 0.6) is 5.75 Å². The lowest BCUT2D eigenvalue weighted by Gasteiger charge is -2.38. The fourth-order valence-corrected chi connectivity index (χ4v) is 4.98. The Labute approximate surface area is 251 Å². The maximum atomic E-state index is 13.6. The van der Waals surface area contributed by atoms with E-state index in [0.29, 0.717) is 18.8 Å². The van der Waals surface area contributed by atoms with Crippen LogP contribution in [0.25, 0.3) is 0 Å². The number of nitrogens with zero attached hydrogens (tertiary/aromatic N) is 2. The molecule has 0 spiro atoms. The van der Waals surface area contributed by atoms with E-state index in [0.717, 1.165) is 5.56 Å². The molecule has 4 atom stereocenters. The molecule has 0 radical (unpaired) electrons. The van der Waals surface area contributed by atoms with Gasteiger partial charge in [-0.1, -0.05) is 48.5 Å². The molecule has 2 fully saturated rings. The molecule has 2 aromatic rings. The Balaban J connectivity index is 1.49. The molecule has 2 aliphatic rings. The monoisotopic (exact) mass is 593 g/mol. The van der Waals surface area contributed by atoms with Crippen molar-refractivity contribution in [3.05, 3.63) is 66.2 Å². The van der Waals surface area contributed by atoms with Gasteiger partial charge < -0.3 is 35.2 Å². The third kappa shape index (κ3) is 9.27. The molecular weight excluding hydrogens is 554 g/mol. The maximum absolute atomic E-state index is 13.6. The second-order valence-electron chi connectivity index (χ2n) is 10.8. The lowest BCUT2D eigenvalue weighted by Crippen LogP contribution is -2.59. The molecule has 2 bridgehead atoms. The zero-order valence-corrected chi connectivity index (χ0v) is 24.5. The van der Waals surface area contributed by atoms with Gasteiger partial charge in [-0.25, -0.2) is 0 Å². The van der Waals surface area contributed by atoms with Crippen LogP contribution in [0.2, 0.25) is 0 Å². The zero-order chi connectivity index (χ0) is 30.8. The Morgan fingerprint density at radius 2 is 1.65 bits per heavy atom. The van der Waals surface area contributed by atoms with Gasteiger partial charge in [-0.05, 0) is 31.0 Å². The first-order valence-corrected chi connectivity index (χ1v) is 14.5. The lowest BCUT2D eigenvalue weighted by atomic mass is 10.0. The first kappa shape index (κ1) is 31.5. The molecule has 12 heteroatoms. The van der Waals surface area contributed by atoms with E-state index in [-0.39, 0.29) is 44.9 Å². The van der Waals surface area contributed by atoms with Crippen LogP contribution in [-0.4, -0.2) is 103 Å². The third-order valence-corrected chi connectivity index (χ3v) is 7.29. The molecule has 2 aromatic carbocycles. The molecule has 12 nitrogen and oxygen atoms in total. The largest absolute Gasteiger partial charge is 0.494 e. The highest BCUT2D eigenvalue weighted by atomic mass is 16.5. The van der Waals surface area contributed by atoms with Crippen LogP contribution < -0.4 is 20.7 Å². The van der Waals surface area contributed by atoms with Crippen LogP contribution in [0.15, 0.2) is 60.7 Å². The number of amides is 5. The average Bonchev–Trinajstić information content (AvgIpc) is 3.01. The summed E-state index contributed by atoms with van der Waals surface area (Å²) in [6, 6.07) is 16.7. The van der Waals surface area contributed by atoms with Gasteiger partial charge in [0, 0.05) is 33.0 Å². The highest BCUT2D eigenvalue weighted by Gasteiger charge is 2.37. The number of benzene rings is 2. The fourth-order valence-electron chi connectivity index (χ4n) is 4.98. The van der Waals surface area contributed by atoms with Crippen molar-refractivity contribution in [3.8, 4) is 5.75 Å². The first-order valence-electron chi connectivity index (χ1n) is 14.5. The Kier molecular flexibility index (Phi) is 11.1. The van der Waals surface area contributed by atoms with Gasteiger partial charge in [0.05, 0.1) is 25.8 Å². The van der Waals surface area contributed by atoms with Crippen LogP contribution in [0, 0.1) is 0 Å². The van der Waals surface area contributed by atoms with E-state index >= 15 is 0 Å². The molecule has 5 amide bonds. The minimum absolute atomic E-state index is 0.00676. The molecule has 4 rings (SSSR count). The van der Waals surface area contributed by atoms with Crippen LogP contribution in [0.4, 0.5) is 0 Å². The average molecular weight is 594 g/mol. The van der Waals surface area contributed by atoms with E-state index in [1.54, 1.807) is 4.90 Å². The number of hydrogen-bond acceptors (Lipinski definition) is 7. The van der Waals surface area contributed by atoms with Crippen molar-refractivity contribution in [2.24, 2.45) is 0 Å². The van der Waals surface area contributed by atoms with Gasteiger partial charge in [0.25, 0.3) is 5.91 Å². The number of carbonyl (C=O) groups is 5. The molecule has 230 valence electrons. The summed E-state index contributed by atoms with van der Waals surface area (Å²) < 4.78 is 11.7. The summed E-state index contributed by atoms with van der Waals surface area (Å²) in [5.74, 6) is -1.46. The van der Waals surface area contributed by atoms with Crippen LogP contribution >= 0.6 is 0 Å². The number of morpholine rings is 1. The first-order chi connectivity index (χ1) is 20.7. The Bertz CT molecular complexity index is 1280. The van der Waals surface area contributed by atoms with Gasteiger partial charge in [-0.3, -0.25) is 24.0 Å². The van der Waals surface area contributed by atoms with Crippen molar-refractivity contribution >= 4 is 29.5 Å².